The number of non-ortho nitro benzene ring substituents is 1. The van der Waals surface area contributed by atoms with Crippen LogP contribution in [0.2, 0.25) is 0 Å². The van der Waals surface area contributed by atoms with E-state index in [1.807, 2.05) is 0 Å². The molecule has 1 aromatic heterocycles. The van der Waals surface area contributed by atoms with Crippen LogP contribution in [0.25, 0.3) is 11.0 Å². The van der Waals surface area contributed by atoms with E-state index in [1.54, 1.807) is 0 Å². The number of aromatic nitrogens is 2. The maximum atomic E-state index is 12.8. The molecular weight excluding hydrogens is 378 g/mol. The molecule has 1 heterocycles. The lowest BCUT2D eigenvalue weighted by Gasteiger charge is -2.01. The minimum Gasteiger partial charge on any atom is -1.00 e. The number of hydrogen-bond acceptors (Lipinski definition) is 2. The Morgan fingerprint density at radius 3 is 2.42 bits per heavy atom. The molecule has 104 valence electrons. The standard InChI is InChI=1S/C10H9F3N3O2.HI/c1-14-7-4-3-6(16(17)18)5-8(7)15(2)9(14)10(11,12)13;/h3-5H,1-2H3;1H/q+1;/p-1. The average molecular weight is 387 g/mol. The van der Waals surface area contributed by atoms with E-state index in [0.29, 0.717) is 0 Å². The molecule has 0 atom stereocenters. The van der Waals surface area contributed by atoms with E-state index in [9.17, 15) is 23.3 Å². The third-order valence-corrected chi connectivity index (χ3v) is 2.78. The first-order valence-electron chi connectivity index (χ1n) is 4.93. The Balaban J connectivity index is 0.00000180. The number of hydrogen-bond donors (Lipinski definition) is 0. The number of nitro benzene ring substituents is 1. The highest BCUT2D eigenvalue weighted by Gasteiger charge is 2.45. The van der Waals surface area contributed by atoms with Gasteiger partial charge < -0.3 is 24.0 Å². The number of rotatable bonds is 1. The van der Waals surface area contributed by atoms with Crippen molar-refractivity contribution in [1.82, 2.24) is 4.57 Å². The number of nitrogens with zero attached hydrogens (tertiary/aromatic N) is 3. The predicted molar refractivity (Wildman–Crippen MR) is 55.8 cm³/mol. The molecule has 0 amide bonds. The number of halogens is 4. The summed E-state index contributed by atoms with van der Waals surface area (Å²) >= 11 is 0. The van der Waals surface area contributed by atoms with Crippen LogP contribution in [0.15, 0.2) is 18.2 Å². The zero-order chi connectivity index (χ0) is 13.7. The van der Waals surface area contributed by atoms with Gasteiger partial charge in [0.05, 0.1) is 25.1 Å². The van der Waals surface area contributed by atoms with Crippen LogP contribution >= 0.6 is 0 Å². The summed E-state index contributed by atoms with van der Waals surface area (Å²) in [5.74, 6) is -0.863. The molecule has 0 aliphatic rings. The fourth-order valence-corrected chi connectivity index (χ4v) is 2.01. The van der Waals surface area contributed by atoms with Crippen molar-refractivity contribution in [3.05, 3.63) is 34.1 Å². The van der Waals surface area contributed by atoms with E-state index in [2.05, 4.69) is 0 Å². The first kappa shape index (κ1) is 15.7. The van der Waals surface area contributed by atoms with Crippen molar-refractivity contribution in [2.75, 3.05) is 0 Å². The summed E-state index contributed by atoms with van der Waals surface area (Å²) in [6.45, 7) is 0. The Morgan fingerprint density at radius 1 is 1.37 bits per heavy atom. The first-order chi connectivity index (χ1) is 8.23. The molecule has 0 saturated carbocycles. The van der Waals surface area contributed by atoms with Crippen molar-refractivity contribution in [1.29, 1.82) is 0 Å². The Hall–Kier alpha value is -1.39. The van der Waals surface area contributed by atoms with Gasteiger partial charge in [-0.3, -0.25) is 10.1 Å². The molecule has 0 saturated heterocycles. The van der Waals surface area contributed by atoms with E-state index < -0.39 is 16.9 Å². The van der Waals surface area contributed by atoms with Crippen molar-refractivity contribution >= 4 is 16.7 Å². The van der Waals surface area contributed by atoms with E-state index in [1.165, 1.54) is 26.2 Å². The lowest BCUT2D eigenvalue weighted by Crippen LogP contribution is -3.00. The Labute approximate surface area is 122 Å². The topological polar surface area (TPSA) is 52.0 Å². The third-order valence-electron chi connectivity index (χ3n) is 2.78. The largest absolute Gasteiger partial charge is 1.00 e. The second-order valence-electron chi connectivity index (χ2n) is 3.87. The minimum absolute atomic E-state index is 0. The fourth-order valence-electron chi connectivity index (χ4n) is 2.01. The molecule has 2 rings (SSSR count). The molecule has 2 aromatic rings. The number of alkyl halides is 3. The summed E-state index contributed by atoms with van der Waals surface area (Å²) < 4.78 is 40.4. The van der Waals surface area contributed by atoms with Gasteiger partial charge in [-0.15, -0.1) is 0 Å². The van der Waals surface area contributed by atoms with Gasteiger partial charge in [0.1, 0.15) is 0 Å². The summed E-state index contributed by atoms with van der Waals surface area (Å²) in [6.07, 6.45) is -4.52. The maximum absolute atomic E-state index is 12.8. The summed E-state index contributed by atoms with van der Waals surface area (Å²) in [7, 11) is 2.51. The van der Waals surface area contributed by atoms with Crippen molar-refractivity contribution < 1.29 is 46.6 Å². The zero-order valence-electron chi connectivity index (χ0n) is 9.90. The van der Waals surface area contributed by atoms with Crippen molar-refractivity contribution in [3.63, 3.8) is 0 Å². The molecule has 0 fully saturated rings. The van der Waals surface area contributed by atoms with Crippen LogP contribution in [0.1, 0.15) is 5.82 Å². The highest BCUT2D eigenvalue weighted by Crippen LogP contribution is 2.30. The van der Waals surface area contributed by atoms with Crippen LogP contribution < -0.4 is 28.5 Å². The minimum atomic E-state index is -4.52. The lowest BCUT2D eigenvalue weighted by atomic mass is 10.3. The van der Waals surface area contributed by atoms with Crippen LogP contribution in [0, 0.1) is 10.1 Å². The van der Waals surface area contributed by atoms with Gasteiger partial charge in [0, 0.05) is 6.07 Å². The second kappa shape index (κ2) is 4.94. The molecule has 0 bridgehead atoms. The molecule has 0 spiro atoms. The first-order valence-corrected chi connectivity index (χ1v) is 4.93. The van der Waals surface area contributed by atoms with E-state index in [0.717, 1.165) is 15.2 Å². The second-order valence-corrected chi connectivity index (χ2v) is 3.87. The molecule has 5 nitrogen and oxygen atoms in total. The molecule has 0 unspecified atom stereocenters. The van der Waals surface area contributed by atoms with Gasteiger partial charge in [0.2, 0.25) is 0 Å². The normalized spacial score (nSPS) is 11.4. The third kappa shape index (κ3) is 2.51. The van der Waals surface area contributed by atoms with Gasteiger partial charge in [-0.1, -0.05) is 0 Å². The summed E-state index contributed by atoms with van der Waals surface area (Å²) in [5, 5.41) is 10.6. The predicted octanol–water partition coefficient (Wildman–Crippen LogP) is -1.07. The highest BCUT2D eigenvalue weighted by atomic mass is 127. The van der Waals surface area contributed by atoms with Gasteiger partial charge >= 0.3 is 12.0 Å². The molecule has 0 aliphatic carbocycles. The molecule has 9 heteroatoms. The number of imidazole rings is 1. The van der Waals surface area contributed by atoms with E-state index >= 15 is 0 Å². The lowest BCUT2D eigenvalue weighted by molar-refractivity contribution is -0.667. The smallest absolute Gasteiger partial charge is 0.495 e. The number of nitro groups is 1. The Bertz CT molecular complexity index is 651. The number of benzene rings is 1. The van der Waals surface area contributed by atoms with Crippen LogP contribution in [-0.2, 0) is 20.3 Å². The van der Waals surface area contributed by atoms with Gasteiger partial charge in [-0.05, 0) is 6.07 Å². The molecule has 19 heavy (non-hydrogen) atoms. The van der Waals surface area contributed by atoms with Crippen LogP contribution in [0.3, 0.4) is 0 Å². The highest BCUT2D eigenvalue weighted by molar-refractivity contribution is 5.75. The van der Waals surface area contributed by atoms with Gasteiger partial charge in [0.25, 0.3) is 5.69 Å². The van der Waals surface area contributed by atoms with Crippen LogP contribution in [-0.4, -0.2) is 9.49 Å². The zero-order valence-corrected chi connectivity index (χ0v) is 12.1. The van der Waals surface area contributed by atoms with Crippen molar-refractivity contribution in [2.24, 2.45) is 14.1 Å². The van der Waals surface area contributed by atoms with Crippen LogP contribution in [0.4, 0.5) is 18.9 Å². The fraction of sp³-hybridized carbons (Fsp3) is 0.300. The van der Waals surface area contributed by atoms with E-state index in [4.69, 9.17) is 0 Å². The average Bonchev–Trinajstić information content (AvgIpc) is 2.50. The summed E-state index contributed by atoms with van der Waals surface area (Å²) in [6, 6.07) is 3.62. The molecule has 0 aliphatic heterocycles. The van der Waals surface area contributed by atoms with Gasteiger partial charge in [0.15, 0.2) is 11.0 Å². The molecule has 1 aromatic carbocycles. The number of aryl methyl sites for hydroxylation is 2. The Kier molecular flexibility index (Phi) is 4.08. The monoisotopic (exact) mass is 387 g/mol. The Morgan fingerprint density at radius 2 is 1.95 bits per heavy atom. The molecular formula is C10H9F3IN3O2. The van der Waals surface area contributed by atoms with Gasteiger partial charge in [-0.2, -0.15) is 13.2 Å². The summed E-state index contributed by atoms with van der Waals surface area (Å²) in [5.41, 5.74) is 0.215. The molecule has 0 N–H and O–H groups in total. The number of fused-ring (bicyclic) bond motifs is 1. The summed E-state index contributed by atoms with van der Waals surface area (Å²) in [4.78, 5) is 9.97. The molecule has 0 radical (unpaired) electrons. The van der Waals surface area contributed by atoms with Crippen LogP contribution in [0.5, 0.6) is 0 Å². The van der Waals surface area contributed by atoms with Crippen molar-refractivity contribution in [3.8, 4) is 0 Å². The maximum Gasteiger partial charge on any atom is 0.495 e. The van der Waals surface area contributed by atoms with E-state index in [-0.39, 0.29) is 40.7 Å². The SMILES string of the molecule is Cn1c(C(F)(F)F)[n+](C)c2cc([N+](=O)[O-])ccc21.[I-]. The van der Waals surface area contributed by atoms with Crippen molar-refractivity contribution in [2.45, 2.75) is 6.18 Å². The van der Waals surface area contributed by atoms with Gasteiger partial charge in [-0.25, -0.2) is 9.13 Å². The quantitative estimate of drug-likeness (QED) is 0.271.